The molecule has 2 aliphatic rings. The third kappa shape index (κ3) is 4.03. The van der Waals surface area contributed by atoms with E-state index >= 15 is 0 Å². The summed E-state index contributed by atoms with van der Waals surface area (Å²) < 4.78 is 32.7. The normalized spacial score (nSPS) is 20.5. The first kappa shape index (κ1) is 22.0. The van der Waals surface area contributed by atoms with Crippen molar-refractivity contribution in [2.45, 2.75) is 24.2 Å². The van der Waals surface area contributed by atoms with Gasteiger partial charge in [-0.05, 0) is 35.9 Å². The van der Waals surface area contributed by atoms with E-state index in [0.29, 0.717) is 32.0 Å². The van der Waals surface area contributed by atoms with Crippen LogP contribution < -0.4 is 4.90 Å². The number of likely N-dealkylation sites (N-methyl/N-ethyl adjacent to an activating group) is 1. The lowest BCUT2D eigenvalue weighted by Crippen LogP contribution is -2.40. The van der Waals surface area contributed by atoms with Crippen molar-refractivity contribution in [1.29, 1.82) is 0 Å². The van der Waals surface area contributed by atoms with Gasteiger partial charge in [0.2, 0.25) is 10.0 Å². The zero-order chi connectivity index (χ0) is 22.2. The maximum Gasteiger partial charge on any atom is 0.244 e. The molecule has 4 rings (SSSR count). The molecule has 6 nitrogen and oxygen atoms in total. The maximum atomic E-state index is 13.0. The van der Waals surface area contributed by atoms with Crippen LogP contribution in [0.1, 0.15) is 19.4 Å². The monoisotopic (exact) mass is 459 g/mol. The Labute approximate surface area is 188 Å². The second kappa shape index (κ2) is 8.39. The van der Waals surface area contributed by atoms with Gasteiger partial charge in [-0.3, -0.25) is 4.99 Å². The number of nitrogens with zero attached hydrogens (tertiary/aromatic N) is 3. The number of rotatable bonds is 4. The molecule has 2 aromatic carbocycles. The van der Waals surface area contributed by atoms with Crippen molar-refractivity contribution in [2.75, 3.05) is 38.3 Å². The van der Waals surface area contributed by atoms with Crippen molar-refractivity contribution in [1.82, 2.24) is 4.31 Å². The summed E-state index contributed by atoms with van der Waals surface area (Å²) in [7, 11) is -1.65. The molecule has 1 saturated heterocycles. The summed E-state index contributed by atoms with van der Waals surface area (Å²) in [5, 5.41) is 0.191. The van der Waals surface area contributed by atoms with Crippen LogP contribution in [0.4, 0.5) is 11.4 Å². The van der Waals surface area contributed by atoms with Gasteiger partial charge in [0.25, 0.3) is 0 Å². The molecular weight excluding hydrogens is 434 g/mol. The number of hydrogen-bond acceptors (Lipinski definition) is 5. The summed E-state index contributed by atoms with van der Waals surface area (Å²) in [5.74, 6) is 0. The fraction of sp³-hybridized carbons (Fsp3) is 0.348. The summed E-state index contributed by atoms with van der Waals surface area (Å²) in [6.07, 6.45) is 3.69. The van der Waals surface area contributed by atoms with E-state index in [4.69, 9.17) is 16.3 Å². The van der Waals surface area contributed by atoms with Crippen LogP contribution in [0.5, 0.6) is 0 Å². The van der Waals surface area contributed by atoms with Gasteiger partial charge in [0.15, 0.2) is 0 Å². The lowest BCUT2D eigenvalue weighted by Gasteiger charge is -2.26. The van der Waals surface area contributed by atoms with Crippen LogP contribution in [-0.4, -0.2) is 52.3 Å². The van der Waals surface area contributed by atoms with Gasteiger partial charge in [-0.15, -0.1) is 0 Å². The molecule has 1 fully saturated rings. The molecule has 0 N–H and O–H groups in total. The van der Waals surface area contributed by atoms with E-state index in [2.05, 4.69) is 41.9 Å². The predicted octanol–water partition coefficient (Wildman–Crippen LogP) is 4.37. The summed E-state index contributed by atoms with van der Waals surface area (Å²) in [6, 6.07) is 13.2. The molecule has 31 heavy (non-hydrogen) atoms. The molecule has 0 aromatic heterocycles. The highest BCUT2D eigenvalue weighted by molar-refractivity contribution is 7.89. The van der Waals surface area contributed by atoms with E-state index in [1.807, 2.05) is 19.2 Å². The number of benzene rings is 2. The number of hydrogen-bond donors (Lipinski definition) is 0. The van der Waals surface area contributed by atoms with Crippen molar-refractivity contribution in [3.05, 3.63) is 64.8 Å². The van der Waals surface area contributed by atoms with Gasteiger partial charge in [-0.25, -0.2) is 8.42 Å². The van der Waals surface area contributed by atoms with Crippen molar-refractivity contribution in [2.24, 2.45) is 4.99 Å². The van der Waals surface area contributed by atoms with Crippen LogP contribution in [0.2, 0.25) is 5.02 Å². The van der Waals surface area contributed by atoms with E-state index in [1.54, 1.807) is 18.3 Å². The molecule has 0 aliphatic carbocycles. The lowest BCUT2D eigenvalue weighted by atomic mass is 9.84. The minimum Gasteiger partial charge on any atom is -0.379 e. The number of halogens is 1. The van der Waals surface area contributed by atoms with E-state index in [-0.39, 0.29) is 15.3 Å². The van der Waals surface area contributed by atoms with Crippen LogP contribution in [-0.2, 0) is 20.2 Å². The Hall–Kier alpha value is -2.19. The molecule has 0 radical (unpaired) electrons. The molecule has 2 heterocycles. The zero-order valence-corrected chi connectivity index (χ0v) is 19.4. The fourth-order valence-corrected chi connectivity index (χ4v) is 6.09. The molecule has 164 valence electrons. The number of allylic oxidation sites excluding steroid dienone is 2. The van der Waals surface area contributed by atoms with Gasteiger partial charge in [0.05, 0.1) is 23.9 Å². The summed E-state index contributed by atoms with van der Waals surface area (Å²) in [6.45, 7) is 5.77. The third-order valence-corrected chi connectivity index (χ3v) is 8.28. The van der Waals surface area contributed by atoms with E-state index in [9.17, 15) is 8.42 Å². The van der Waals surface area contributed by atoms with Crippen molar-refractivity contribution >= 4 is 39.2 Å². The van der Waals surface area contributed by atoms with Gasteiger partial charge < -0.3 is 9.64 Å². The van der Waals surface area contributed by atoms with Crippen LogP contribution >= 0.6 is 11.6 Å². The second-order valence-corrected chi connectivity index (χ2v) is 10.5. The molecule has 0 bridgehead atoms. The van der Waals surface area contributed by atoms with E-state index in [1.165, 1.54) is 21.6 Å². The molecule has 0 saturated carbocycles. The largest absolute Gasteiger partial charge is 0.379 e. The van der Waals surface area contributed by atoms with E-state index < -0.39 is 10.0 Å². The zero-order valence-electron chi connectivity index (χ0n) is 17.9. The molecular formula is C23H26ClN3O3S. The van der Waals surface area contributed by atoms with Crippen LogP contribution in [0, 0.1) is 0 Å². The Morgan fingerprint density at radius 3 is 2.55 bits per heavy atom. The SMILES string of the molecule is CN1C(=CC=Nc2ccc(Cl)c(S(=O)(=O)N3CCOCC3)c2)C(C)(C)c2ccccc21. The number of para-hydroxylation sites is 1. The number of fused-ring (bicyclic) bond motifs is 1. The van der Waals surface area contributed by atoms with Crippen LogP contribution in [0.3, 0.4) is 0 Å². The number of morpholine rings is 1. The molecule has 2 aliphatic heterocycles. The first-order valence-electron chi connectivity index (χ1n) is 10.2. The topological polar surface area (TPSA) is 62.2 Å². The van der Waals surface area contributed by atoms with Crippen molar-refractivity contribution < 1.29 is 13.2 Å². The molecule has 2 aromatic rings. The maximum absolute atomic E-state index is 13.0. The number of aliphatic imine (C=N–C) groups is 1. The second-order valence-electron chi connectivity index (χ2n) is 8.16. The van der Waals surface area contributed by atoms with Gasteiger partial charge >= 0.3 is 0 Å². The summed E-state index contributed by atoms with van der Waals surface area (Å²) in [5.41, 5.74) is 3.94. The Kier molecular flexibility index (Phi) is 5.96. The number of ether oxygens (including phenoxy) is 1. The van der Waals surface area contributed by atoms with Gasteiger partial charge in [0, 0.05) is 43.2 Å². The number of sulfonamides is 1. The summed E-state index contributed by atoms with van der Waals surface area (Å²) in [4.78, 5) is 6.74. The standard InChI is InChI=1S/C23H26ClN3O3S/c1-23(2)18-6-4-5-7-20(18)26(3)22(23)10-11-25-17-8-9-19(24)21(16-17)31(28,29)27-12-14-30-15-13-27/h4-11,16H,12-15H2,1-3H3. The fourth-order valence-electron chi connectivity index (χ4n) is 4.19. The Morgan fingerprint density at radius 1 is 1.13 bits per heavy atom. The number of anilines is 1. The Bertz CT molecular complexity index is 1150. The molecule has 8 heteroatoms. The summed E-state index contributed by atoms with van der Waals surface area (Å²) >= 11 is 6.24. The van der Waals surface area contributed by atoms with Crippen molar-refractivity contribution in [3.8, 4) is 0 Å². The highest BCUT2D eigenvalue weighted by atomic mass is 35.5. The first-order chi connectivity index (χ1) is 14.7. The molecule has 0 amide bonds. The van der Waals surface area contributed by atoms with E-state index in [0.717, 1.165) is 5.70 Å². The third-order valence-electron chi connectivity index (χ3n) is 5.90. The minimum atomic E-state index is -3.70. The molecule has 0 spiro atoms. The van der Waals surface area contributed by atoms with Crippen LogP contribution in [0.15, 0.2) is 64.1 Å². The molecule has 0 atom stereocenters. The average molecular weight is 460 g/mol. The molecule has 0 unspecified atom stereocenters. The van der Waals surface area contributed by atoms with Gasteiger partial charge in [-0.2, -0.15) is 4.31 Å². The lowest BCUT2D eigenvalue weighted by molar-refractivity contribution is 0.0730. The van der Waals surface area contributed by atoms with Gasteiger partial charge in [0.1, 0.15) is 4.90 Å². The Balaban J connectivity index is 1.62. The minimum absolute atomic E-state index is 0.0732. The average Bonchev–Trinajstić information content (AvgIpc) is 2.96. The highest BCUT2D eigenvalue weighted by Gasteiger charge is 2.37. The van der Waals surface area contributed by atoms with Crippen molar-refractivity contribution in [3.63, 3.8) is 0 Å². The Morgan fingerprint density at radius 2 is 1.84 bits per heavy atom. The quantitative estimate of drug-likeness (QED) is 0.637. The first-order valence-corrected chi connectivity index (χ1v) is 12.0. The van der Waals surface area contributed by atoms with Gasteiger partial charge in [-0.1, -0.05) is 43.6 Å². The highest BCUT2D eigenvalue weighted by Crippen LogP contribution is 2.46. The predicted molar refractivity (Wildman–Crippen MR) is 125 cm³/mol. The smallest absolute Gasteiger partial charge is 0.244 e. The van der Waals surface area contributed by atoms with Crippen LogP contribution in [0.25, 0.3) is 0 Å².